The fourth-order valence-corrected chi connectivity index (χ4v) is 3.37. The van der Waals surface area contributed by atoms with E-state index in [2.05, 4.69) is 43.5 Å². The van der Waals surface area contributed by atoms with Gasteiger partial charge in [-0.3, -0.25) is 4.68 Å². The molecule has 3 heteroatoms. The van der Waals surface area contributed by atoms with E-state index in [4.69, 9.17) is 5.73 Å². The third-order valence-corrected chi connectivity index (χ3v) is 4.62. The molecule has 0 saturated heterocycles. The van der Waals surface area contributed by atoms with E-state index in [1.165, 1.54) is 30.7 Å². The first-order valence-corrected chi connectivity index (χ1v) is 7.76. The molecule has 1 fully saturated rings. The largest absolute Gasteiger partial charge is 0.327 e. The highest BCUT2D eigenvalue weighted by atomic mass is 15.3. The van der Waals surface area contributed by atoms with E-state index in [-0.39, 0.29) is 0 Å². The van der Waals surface area contributed by atoms with Gasteiger partial charge in [-0.15, -0.1) is 0 Å². The number of hydrogen-bond donors (Lipinski definition) is 1. The number of hydrogen-bond acceptors (Lipinski definition) is 2. The molecule has 2 rings (SSSR count). The number of rotatable bonds is 4. The van der Waals surface area contributed by atoms with Gasteiger partial charge < -0.3 is 5.73 Å². The molecule has 0 amide bonds. The minimum Gasteiger partial charge on any atom is -0.327 e. The second-order valence-corrected chi connectivity index (χ2v) is 6.83. The van der Waals surface area contributed by atoms with E-state index in [0.717, 1.165) is 19.4 Å². The van der Waals surface area contributed by atoms with Gasteiger partial charge in [0.25, 0.3) is 0 Å². The maximum atomic E-state index is 6.35. The van der Waals surface area contributed by atoms with Crippen molar-refractivity contribution in [3.05, 3.63) is 17.5 Å². The molecule has 2 unspecified atom stereocenters. The molecule has 108 valence electrons. The highest BCUT2D eigenvalue weighted by molar-refractivity contribution is 5.12. The zero-order chi connectivity index (χ0) is 14.0. The van der Waals surface area contributed by atoms with Crippen LogP contribution >= 0.6 is 0 Å². The molecule has 0 aromatic carbocycles. The molecule has 1 aromatic heterocycles. The SMILES string of the molecule is CCc1cc(CC2CC(C)(C)CCC2N)n(CC)n1. The van der Waals surface area contributed by atoms with Crippen molar-refractivity contribution in [3.8, 4) is 0 Å². The molecule has 1 saturated carbocycles. The fraction of sp³-hybridized carbons (Fsp3) is 0.812. The van der Waals surface area contributed by atoms with Crippen LogP contribution in [0.3, 0.4) is 0 Å². The Hall–Kier alpha value is -0.830. The second-order valence-electron chi connectivity index (χ2n) is 6.83. The van der Waals surface area contributed by atoms with Crippen LogP contribution in [-0.2, 0) is 19.4 Å². The minimum absolute atomic E-state index is 0.360. The van der Waals surface area contributed by atoms with Crippen molar-refractivity contribution in [1.82, 2.24) is 9.78 Å². The Balaban J connectivity index is 2.13. The normalized spacial score (nSPS) is 26.6. The lowest BCUT2D eigenvalue weighted by Gasteiger charge is -2.39. The molecule has 0 aliphatic heterocycles. The molecule has 0 radical (unpaired) electrons. The Morgan fingerprint density at radius 2 is 2.16 bits per heavy atom. The van der Waals surface area contributed by atoms with Crippen molar-refractivity contribution in [2.45, 2.75) is 72.4 Å². The van der Waals surface area contributed by atoms with Crippen molar-refractivity contribution in [2.75, 3.05) is 0 Å². The summed E-state index contributed by atoms with van der Waals surface area (Å²) in [5.41, 5.74) is 9.38. The maximum absolute atomic E-state index is 6.35. The molecule has 2 atom stereocenters. The summed E-state index contributed by atoms with van der Waals surface area (Å²) in [5.74, 6) is 0.607. The predicted octanol–water partition coefficient (Wildman–Crippen LogP) is 3.16. The van der Waals surface area contributed by atoms with E-state index >= 15 is 0 Å². The maximum Gasteiger partial charge on any atom is 0.0624 e. The smallest absolute Gasteiger partial charge is 0.0624 e. The van der Waals surface area contributed by atoms with Gasteiger partial charge in [0.1, 0.15) is 0 Å². The van der Waals surface area contributed by atoms with Crippen LogP contribution in [-0.4, -0.2) is 15.8 Å². The first-order valence-electron chi connectivity index (χ1n) is 7.76. The molecule has 3 nitrogen and oxygen atoms in total. The number of aromatic nitrogens is 2. The predicted molar refractivity (Wildman–Crippen MR) is 80.1 cm³/mol. The average Bonchev–Trinajstić information content (AvgIpc) is 2.76. The summed E-state index contributed by atoms with van der Waals surface area (Å²) in [4.78, 5) is 0. The first kappa shape index (κ1) is 14.6. The summed E-state index contributed by atoms with van der Waals surface area (Å²) >= 11 is 0. The zero-order valence-electron chi connectivity index (χ0n) is 12.9. The van der Waals surface area contributed by atoms with Crippen molar-refractivity contribution in [3.63, 3.8) is 0 Å². The topological polar surface area (TPSA) is 43.8 Å². The highest BCUT2D eigenvalue weighted by Crippen LogP contribution is 2.39. The van der Waals surface area contributed by atoms with Crippen LogP contribution in [0.15, 0.2) is 6.07 Å². The molecule has 0 bridgehead atoms. The Bertz CT molecular complexity index is 420. The molecular weight excluding hydrogens is 234 g/mol. The van der Waals surface area contributed by atoms with E-state index in [9.17, 15) is 0 Å². The lowest BCUT2D eigenvalue weighted by atomic mass is 9.69. The molecule has 0 spiro atoms. The fourth-order valence-electron chi connectivity index (χ4n) is 3.37. The third-order valence-electron chi connectivity index (χ3n) is 4.62. The van der Waals surface area contributed by atoms with Crippen molar-refractivity contribution < 1.29 is 0 Å². The molecule has 1 heterocycles. The van der Waals surface area contributed by atoms with Gasteiger partial charge in [0.2, 0.25) is 0 Å². The second kappa shape index (κ2) is 5.66. The van der Waals surface area contributed by atoms with Crippen molar-refractivity contribution in [2.24, 2.45) is 17.1 Å². The van der Waals surface area contributed by atoms with Gasteiger partial charge in [0.05, 0.1) is 5.69 Å². The molecule has 1 aliphatic rings. The number of nitrogens with zero attached hydrogens (tertiary/aromatic N) is 2. The van der Waals surface area contributed by atoms with Gasteiger partial charge in [0.15, 0.2) is 0 Å². The lowest BCUT2D eigenvalue weighted by Crippen LogP contribution is -2.40. The Morgan fingerprint density at radius 3 is 2.79 bits per heavy atom. The van der Waals surface area contributed by atoms with Crippen LogP contribution in [0.5, 0.6) is 0 Å². The van der Waals surface area contributed by atoms with Crippen molar-refractivity contribution >= 4 is 0 Å². The Morgan fingerprint density at radius 1 is 1.42 bits per heavy atom. The summed E-state index contributed by atoms with van der Waals surface area (Å²) in [6.45, 7) is 10.0. The van der Waals surface area contributed by atoms with E-state index < -0.39 is 0 Å². The monoisotopic (exact) mass is 263 g/mol. The van der Waals surface area contributed by atoms with Gasteiger partial charge in [0, 0.05) is 18.3 Å². The van der Waals surface area contributed by atoms with Crippen LogP contribution < -0.4 is 5.73 Å². The summed E-state index contributed by atoms with van der Waals surface area (Å²) in [6, 6.07) is 2.64. The minimum atomic E-state index is 0.360. The van der Waals surface area contributed by atoms with Gasteiger partial charge in [-0.25, -0.2) is 0 Å². The quantitative estimate of drug-likeness (QED) is 0.907. The highest BCUT2D eigenvalue weighted by Gasteiger charge is 2.33. The van der Waals surface area contributed by atoms with E-state index in [1.807, 2.05) is 0 Å². The standard InChI is InChI=1S/C16H29N3/c1-5-13-10-14(19(6-2)18-13)9-12-11-16(3,4)8-7-15(12)17/h10,12,15H,5-9,11,17H2,1-4H3. The third kappa shape index (κ3) is 3.38. The van der Waals surface area contributed by atoms with Crippen LogP contribution in [0.4, 0.5) is 0 Å². The Kier molecular flexibility index (Phi) is 4.34. The number of nitrogens with two attached hydrogens (primary N) is 1. The van der Waals surface area contributed by atoms with Crippen LogP contribution in [0, 0.1) is 11.3 Å². The van der Waals surface area contributed by atoms with Crippen LogP contribution in [0.1, 0.15) is 58.3 Å². The van der Waals surface area contributed by atoms with Gasteiger partial charge in [-0.05, 0) is 56.4 Å². The van der Waals surface area contributed by atoms with Gasteiger partial charge in [-0.2, -0.15) is 5.10 Å². The van der Waals surface area contributed by atoms with Crippen LogP contribution in [0.25, 0.3) is 0 Å². The first-order chi connectivity index (χ1) is 8.95. The molecular formula is C16H29N3. The summed E-state index contributed by atoms with van der Waals surface area (Å²) in [6.07, 6.45) is 5.77. The van der Waals surface area contributed by atoms with E-state index in [0.29, 0.717) is 17.4 Å². The molecule has 1 aromatic rings. The van der Waals surface area contributed by atoms with Gasteiger partial charge >= 0.3 is 0 Å². The number of aryl methyl sites for hydroxylation is 2. The van der Waals surface area contributed by atoms with Crippen LogP contribution in [0.2, 0.25) is 0 Å². The lowest BCUT2D eigenvalue weighted by molar-refractivity contribution is 0.155. The van der Waals surface area contributed by atoms with Crippen molar-refractivity contribution in [1.29, 1.82) is 0 Å². The molecule has 19 heavy (non-hydrogen) atoms. The Labute approximate surface area is 117 Å². The van der Waals surface area contributed by atoms with Gasteiger partial charge in [-0.1, -0.05) is 20.8 Å². The molecule has 2 N–H and O–H groups in total. The zero-order valence-corrected chi connectivity index (χ0v) is 12.9. The average molecular weight is 263 g/mol. The van der Waals surface area contributed by atoms with E-state index in [1.54, 1.807) is 0 Å². The summed E-state index contributed by atoms with van der Waals surface area (Å²) < 4.78 is 2.16. The summed E-state index contributed by atoms with van der Waals surface area (Å²) in [7, 11) is 0. The molecule has 1 aliphatic carbocycles. The summed E-state index contributed by atoms with van der Waals surface area (Å²) in [5, 5.41) is 4.65.